The van der Waals surface area contributed by atoms with E-state index in [1.807, 2.05) is 17.5 Å². The van der Waals surface area contributed by atoms with Gasteiger partial charge >= 0.3 is 11.8 Å². The topological polar surface area (TPSA) is 78.4 Å². The zero-order valence-corrected chi connectivity index (χ0v) is 15.4. The fourth-order valence-corrected chi connectivity index (χ4v) is 4.00. The molecular weight excluding hydrogens is 336 g/mol. The van der Waals surface area contributed by atoms with E-state index in [9.17, 15) is 14.7 Å². The molecule has 25 heavy (non-hydrogen) atoms. The third-order valence-electron chi connectivity index (χ3n) is 4.52. The molecule has 1 unspecified atom stereocenters. The highest BCUT2D eigenvalue weighted by atomic mass is 32.1. The number of rotatable bonds is 9. The van der Waals surface area contributed by atoms with E-state index in [4.69, 9.17) is 0 Å². The Morgan fingerprint density at radius 3 is 2.60 bits per heavy atom. The first-order chi connectivity index (χ1) is 12.2. The van der Waals surface area contributed by atoms with Crippen LogP contribution in [0.25, 0.3) is 0 Å². The Bertz CT molecular complexity index is 569. The Morgan fingerprint density at radius 2 is 1.96 bits per heavy atom. The lowest BCUT2D eigenvalue weighted by molar-refractivity contribution is -0.139. The van der Waals surface area contributed by atoms with E-state index in [1.54, 1.807) is 11.3 Å². The molecule has 6 heteroatoms. The molecule has 0 saturated heterocycles. The number of hydrogen-bond acceptors (Lipinski definition) is 4. The lowest BCUT2D eigenvalue weighted by Crippen LogP contribution is -2.40. The van der Waals surface area contributed by atoms with Crippen molar-refractivity contribution in [1.82, 2.24) is 10.6 Å². The van der Waals surface area contributed by atoms with E-state index in [0.717, 1.165) is 19.3 Å². The van der Waals surface area contributed by atoms with Crippen molar-refractivity contribution in [3.8, 4) is 0 Å². The van der Waals surface area contributed by atoms with Crippen molar-refractivity contribution in [1.29, 1.82) is 0 Å². The number of hydrogen-bond donors (Lipinski definition) is 3. The van der Waals surface area contributed by atoms with E-state index in [-0.39, 0.29) is 12.5 Å². The van der Waals surface area contributed by atoms with E-state index >= 15 is 0 Å². The van der Waals surface area contributed by atoms with Crippen LogP contribution in [-0.4, -0.2) is 36.6 Å². The van der Waals surface area contributed by atoms with Gasteiger partial charge in [-0.05, 0) is 62.3 Å². The quantitative estimate of drug-likeness (QED) is 0.466. The maximum atomic E-state index is 11.9. The second kappa shape index (κ2) is 11.1. The summed E-state index contributed by atoms with van der Waals surface area (Å²) >= 11 is 1.65. The van der Waals surface area contributed by atoms with Crippen LogP contribution in [-0.2, 0) is 9.59 Å². The molecule has 1 heterocycles. The predicted octanol–water partition coefficient (Wildman–Crippen LogP) is 2.73. The van der Waals surface area contributed by atoms with Crippen molar-refractivity contribution in [2.75, 3.05) is 19.7 Å². The van der Waals surface area contributed by atoms with Crippen molar-refractivity contribution >= 4 is 23.2 Å². The molecule has 0 radical (unpaired) electrons. The largest absolute Gasteiger partial charge is 0.396 e. The summed E-state index contributed by atoms with van der Waals surface area (Å²) in [6.07, 6.45) is 9.17. The van der Waals surface area contributed by atoms with E-state index < -0.39 is 11.8 Å². The molecule has 3 N–H and O–H groups in total. The van der Waals surface area contributed by atoms with Crippen LogP contribution in [0.4, 0.5) is 0 Å². The first kappa shape index (κ1) is 19.7. The number of aliphatic hydroxyl groups excluding tert-OH is 1. The Balaban J connectivity index is 1.64. The molecule has 0 saturated carbocycles. The lowest BCUT2D eigenvalue weighted by Gasteiger charge is -2.15. The Morgan fingerprint density at radius 1 is 1.16 bits per heavy atom. The third-order valence-corrected chi connectivity index (χ3v) is 5.56. The van der Waals surface area contributed by atoms with Gasteiger partial charge in [0.05, 0.1) is 0 Å². The van der Waals surface area contributed by atoms with Crippen LogP contribution in [0.5, 0.6) is 0 Å². The average Bonchev–Trinajstić information content (AvgIpc) is 3.16. The number of nitrogens with one attached hydrogen (secondary N) is 2. The number of aliphatic hydroxyl groups is 1. The standard InChI is InChI=1S/C19H28N2O3S/c22-13-10-16(17-7-4-14-25-17)9-12-21-19(24)18(23)20-11-8-15-5-2-1-3-6-15/h4-5,7,14,16,22H,1-3,6,8-13H2,(H,20,23)(H,21,24). The molecule has 1 aliphatic rings. The van der Waals surface area contributed by atoms with Gasteiger partial charge in [-0.15, -0.1) is 11.3 Å². The molecule has 1 aromatic heterocycles. The van der Waals surface area contributed by atoms with Crippen molar-refractivity contribution in [3.63, 3.8) is 0 Å². The number of thiophene rings is 1. The molecule has 138 valence electrons. The van der Waals surface area contributed by atoms with Crippen LogP contribution in [0.3, 0.4) is 0 Å². The second-order valence-electron chi connectivity index (χ2n) is 6.38. The van der Waals surface area contributed by atoms with Gasteiger partial charge in [0.1, 0.15) is 0 Å². The van der Waals surface area contributed by atoms with Gasteiger partial charge < -0.3 is 15.7 Å². The van der Waals surface area contributed by atoms with Crippen LogP contribution in [0, 0.1) is 0 Å². The highest BCUT2D eigenvalue weighted by molar-refractivity contribution is 7.10. The number of carbonyl (C=O) groups is 2. The molecule has 1 aliphatic carbocycles. The predicted molar refractivity (Wildman–Crippen MR) is 101 cm³/mol. The normalized spacial score (nSPS) is 15.3. The van der Waals surface area contributed by atoms with Crippen molar-refractivity contribution in [2.45, 2.75) is 50.9 Å². The maximum Gasteiger partial charge on any atom is 0.309 e. The van der Waals surface area contributed by atoms with Gasteiger partial charge in [0.2, 0.25) is 0 Å². The molecule has 0 aromatic carbocycles. The lowest BCUT2D eigenvalue weighted by atomic mass is 9.97. The van der Waals surface area contributed by atoms with Crippen LogP contribution >= 0.6 is 11.3 Å². The molecule has 5 nitrogen and oxygen atoms in total. The average molecular weight is 365 g/mol. The fraction of sp³-hybridized carbons (Fsp3) is 0.579. The summed E-state index contributed by atoms with van der Waals surface area (Å²) in [4.78, 5) is 24.9. The summed E-state index contributed by atoms with van der Waals surface area (Å²) in [7, 11) is 0. The molecule has 0 fully saturated rings. The van der Waals surface area contributed by atoms with Crippen molar-refractivity contribution in [3.05, 3.63) is 34.0 Å². The highest BCUT2D eigenvalue weighted by Crippen LogP contribution is 2.26. The first-order valence-corrected chi connectivity index (χ1v) is 9.97. The summed E-state index contributed by atoms with van der Waals surface area (Å²) in [5.41, 5.74) is 1.38. The highest BCUT2D eigenvalue weighted by Gasteiger charge is 2.16. The van der Waals surface area contributed by atoms with Crippen LogP contribution < -0.4 is 10.6 Å². The summed E-state index contributed by atoms with van der Waals surface area (Å²) in [6.45, 7) is 1.06. The van der Waals surface area contributed by atoms with E-state index in [1.165, 1.54) is 23.3 Å². The summed E-state index contributed by atoms with van der Waals surface area (Å²) in [6, 6.07) is 4.03. The van der Waals surface area contributed by atoms with E-state index in [2.05, 4.69) is 16.7 Å². The van der Waals surface area contributed by atoms with Gasteiger partial charge in [0.15, 0.2) is 0 Å². The minimum absolute atomic E-state index is 0.118. The van der Waals surface area contributed by atoms with Gasteiger partial charge in [0.25, 0.3) is 0 Å². The second-order valence-corrected chi connectivity index (χ2v) is 7.36. The minimum Gasteiger partial charge on any atom is -0.396 e. The van der Waals surface area contributed by atoms with Gasteiger partial charge in [-0.1, -0.05) is 17.7 Å². The van der Waals surface area contributed by atoms with Gasteiger partial charge in [-0.3, -0.25) is 9.59 Å². The van der Waals surface area contributed by atoms with Crippen molar-refractivity contribution in [2.24, 2.45) is 0 Å². The first-order valence-electron chi connectivity index (χ1n) is 9.09. The minimum atomic E-state index is -0.577. The van der Waals surface area contributed by atoms with Crippen LogP contribution in [0.1, 0.15) is 55.7 Å². The fourth-order valence-electron chi connectivity index (χ4n) is 3.10. The Kier molecular flexibility index (Phi) is 8.69. The number of carbonyl (C=O) groups excluding carboxylic acids is 2. The molecule has 2 rings (SSSR count). The molecule has 1 aromatic rings. The smallest absolute Gasteiger partial charge is 0.309 e. The summed E-state index contributed by atoms with van der Waals surface area (Å²) in [5.74, 6) is -0.926. The van der Waals surface area contributed by atoms with Crippen LogP contribution in [0.2, 0.25) is 0 Å². The zero-order chi connectivity index (χ0) is 17.9. The molecule has 0 bridgehead atoms. The third kappa shape index (κ3) is 7.00. The maximum absolute atomic E-state index is 11.9. The van der Waals surface area contributed by atoms with Gasteiger partial charge in [-0.2, -0.15) is 0 Å². The molecule has 1 atom stereocenters. The van der Waals surface area contributed by atoms with Gasteiger partial charge in [-0.25, -0.2) is 0 Å². The monoisotopic (exact) mass is 364 g/mol. The molecule has 2 amide bonds. The SMILES string of the molecule is O=C(NCCC1=CCCCC1)C(=O)NCCC(CCO)c1cccs1. The number of amides is 2. The molecular formula is C19H28N2O3S. The Hall–Kier alpha value is -1.66. The van der Waals surface area contributed by atoms with Crippen molar-refractivity contribution < 1.29 is 14.7 Å². The van der Waals surface area contributed by atoms with Crippen LogP contribution in [0.15, 0.2) is 29.2 Å². The zero-order valence-electron chi connectivity index (χ0n) is 14.6. The van der Waals surface area contributed by atoms with E-state index in [0.29, 0.717) is 25.9 Å². The summed E-state index contributed by atoms with van der Waals surface area (Å²) in [5, 5.41) is 16.6. The Labute approximate surface area is 153 Å². The number of allylic oxidation sites excluding steroid dienone is 1. The molecule has 0 spiro atoms. The summed E-state index contributed by atoms with van der Waals surface area (Å²) < 4.78 is 0. The molecule has 0 aliphatic heterocycles. The van der Waals surface area contributed by atoms with Gasteiger partial charge in [0, 0.05) is 24.6 Å².